The third kappa shape index (κ3) is 2.82. The molecular weight excluding hydrogens is 222 g/mol. The molecule has 0 saturated carbocycles. The van der Waals surface area contributed by atoms with Gasteiger partial charge in [0.15, 0.2) is 0 Å². The predicted molar refractivity (Wildman–Crippen MR) is 77.0 cm³/mol. The van der Waals surface area contributed by atoms with Gasteiger partial charge in [-0.3, -0.25) is 0 Å². The topological polar surface area (TPSA) is 35.2 Å². The maximum absolute atomic E-state index is 6.20. The molecule has 2 nitrogen and oxygen atoms in total. The third-order valence-corrected chi connectivity index (χ3v) is 3.37. The van der Waals surface area contributed by atoms with Gasteiger partial charge in [0, 0.05) is 6.04 Å². The van der Waals surface area contributed by atoms with Crippen LogP contribution in [0.25, 0.3) is 10.8 Å². The number of hydrogen-bond acceptors (Lipinski definition) is 2. The van der Waals surface area contributed by atoms with E-state index in [9.17, 15) is 0 Å². The molecule has 0 saturated heterocycles. The van der Waals surface area contributed by atoms with Crippen molar-refractivity contribution in [1.82, 2.24) is 0 Å². The SMILES string of the molecule is CCCC[C@@H](N)c1ccc2cc(OC)ccc2c1. The number of benzene rings is 2. The number of unbranched alkanes of at least 4 members (excludes halogenated alkanes) is 1. The van der Waals surface area contributed by atoms with E-state index in [1.807, 2.05) is 6.07 Å². The Labute approximate surface area is 109 Å². The molecule has 96 valence electrons. The van der Waals surface area contributed by atoms with E-state index in [-0.39, 0.29) is 6.04 Å². The maximum Gasteiger partial charge on any atom is 0.119 e. The fourth-order valence-electron chi connectivity index (χ4n) is 2.19. The van der Waals surface area contributed by atoms with Crippen molar-refractivity contribution >= 4 is 10.8 Å². The van der Waals surface area contributed by atoms with E-state index in [1.165, 1.54) is 29.2 Å². The van der Waals surface area contributed by atoms with Crippen LogP contribution in [0.2, 0.25) is 0 Å². The molecule has 0 aliphatic heterocycles. The van der Waals surface area contributed by atoms with E-state index in [0.29, 0.717) is 0 Å². The summed E-state index contributed by atoms with van der Waals surface area (Å²) < 4.78 is 5.23. The molecule has 0 fully saturated rings. The van der Waals surface area contributed by atoms with Gasteiger partial charge in [0.2, 0.25) is 0 Å². The molecule has 0 spiro atoms. The summed E-state index contributed by atoms with van der Waals surface area (Å²) in [5.74, 6) is 0.894. The van der Waals surface area contributed by atoms with Crippen molar-refractivity contribution in [2.24, 2.45) is 5.73 Å². The minimum Gasteiger partial charge on any atom is -0.497 e. The Morgan fingerprint density at radius 2 is 1.83 bits per heavy atom. The number of hydrogen-bond donors (Lipinski definition) is 1. The van der Waals surface area contributed by atoms with E-state index < -0.39 is 0 Å². The van der Waals surface area contributed by atoms with Crippen LogP contribution >= 0.6 is 0 Å². The molecule has 2 heteroatoms. The highest BCUT2D eigenvalue weighted by Crippen LogP contribution is 2.25. The van der Waals surface area contributed by atoms with Gasteiger partial charge in [-0.1, -0.05) is 38.0 Å². The summed E-state index contributed by atoms with van der Waals surface area (Å²) in [6.07, 6.45) is 3.43. The first-order valence-corrected chi connectivity index (χ1v) is 6.58. The molecule has 2 rings (SSSR count). The van der Waals surface area contributed by atoms with Crippen molar-refractivity contribution in [3.63, 3.8) is 0 Å². The molecule has 18 heavy (non-hydrogen) atoms. The van der Waals surface area contributed by atoms with Gasteiger partial charge < -0.3 is 10.5 Å². The van der Waals surface area contributed by atoms with E-state index in [1.54, 1.807) is 7.11 Å². The Kier molecular flexibility index (Phi) is 4.21. The summed E-state index contributed by atoms with van der Waals surface area (Å²) in [4.78, 5) is 0. The summed E-state index contributed by atoms with van der Waals surface area (Å²) in [5.41, 5.74) is 7.43. The highest BCUT2D eigenvalue weighted by molar-refractivity contribution is 5.84. The molecule has 2 N–H and O–H groups in total. The number of rotatable bonds is 5. The monoisotopic (exact) mass is 243 g/mol. The van der Waals surface area contributed by atoms with Crippen LogP contribution in [0.3, 0.4) is 0 Å². The highest BCUT2D eigenvalue weighted by Gasteiger charge is 2.06. The fourth-order valence-corrected chi connectivity index (χ4v) is 2.19. The fraction of sp³-hybridized carbons (Fsp3) is 0.375. The third-order valence-electron chi connectivity index (χ3n) is 3.37. The van der Waals surface area contributed by atoms with Gasteiger partial charge in [-0.15, -0.1) is 0 Å². The first-order valence-electron chi connectivity index (χ1n) is 6.58. The second-order valence-electron chi connectivity index (χ2n) is 4.72. The number of nitrogens with two attached hydrogens (primary N) is 1. The first-order chi connectivity index (χ1) is 8.74. The molecule has 2 aromatic rings. The number of methoxy groups -OCH3 is 1. The minimum atomic E-state index is 0.149. The quantitative estimate of drug-likeness (QED) is 0.860. The second kappa shape index (κ2) is 5.87. The molecule has 0 amide bonds. The Morgan fingerprint density at radius 3 is 2.56 bits per heavy atom. The summed E-state index contributed by atoms with van der Waals surface area (Å²) in [6, 6.07) is 12.7. The van der Waals surface area contributed by atoms with Crippen LogP contribution < -0.4 is 10.5 Å². The lowest BCUT2D eigenvalue weighted by molar-refractivity contribution is 0.415. The van der Waals surface area contributed by atoms with Crippen LogP contribution in [0.4, 0.5) is 0 Å². The van der Waals surface area contributed by atoms with Crippen LogP contribution in [0.5, 0.6) is 5.75 Å². The Hall–Kier alpha value is -1.54. The normalized spacial score (nSPS) is 12.6. The average molecular weight is 243 g/mol. The molecule has 0 aromatic heterocycles. The molecule has 1 atom stereocenters. The van der Waals surface area contributed by atoms with Gasteiger partial charge in [0.05, 0.1) is 7.11 Å². The summed E-state index contributed by atoms with van der Waals surface area (Å²) >= 11 is 0. The molecule has 0 aliphatic rings. The van der Waals surface area contributed by atoms with E-state index in [2.05, 4.69) is 37.3 Å². The smallest absolute Gasteiger partial charge is 0.119 e. The Balaban J connectivity index is 2.27. The lowest BCUT2D eigenvalue weighted by Gasteiger charge is -2.12. The molecule has 0 bridgehead atoms. The zero-order chi connectivity index (χ0) is 13.0. The summed E-state index contributed by atoms with van der Waals surface area (Å²) in [5, 5.41) is 2.42. The van der Waals surface area contributed by atoms with Crippen molar-refractivity contribution in [3.05, 3.63) is 42.0 Å². The van der Waals surface area contributed by atoms with E-state index >= 15 is 0 Å². The lowest BCUT2D eigenvalue weighted by atomic mass is 9.99. The van der Waals surface area contributed by atoms with Gasteiger partial charge in [-0.25, -0.2) is 0 Å². The van der Waals surface area contributed by atoms with E-state index in [0.717, 1.165) is 12.2 Å². The van der Waals surface area contributed by atoms with Crippen LogP contribution in [0, 0.1) is 0 Å². The zero-order valence-corrected chi connectivity index (χ0v) is 11.1. The van der Waals surface area contributed by atoms with Gasteiger partial charge in [0.1, 0.15) is 5.75 Å². The standard InChI is InChI=1S/C16H21NO/c1-3-4-5-16(17)14-7-6-13-11-15(18-2)9-8-12(13)10-14/h6-11,16H,3-5,17H2,1-2H3/t16-/m1/s1. The average Bonchev–Trinajstić information content (AvgIpc) is 2.43. The van der Waals surface area contributed by atoms with Crippen LogP contribution in [0.1, 0.15) is 37.8 Å². The van der Waals surface area contributed by atoms with Crippen molar-refractivity contribution in [2.75, 3.05) is 7.11 Å². The van der Waals surface area contributed by atoms with Crippen LogP contribution in [0.15, 0.2) is 36.4 Å². The van der Waals surface area contributed by atoms with Crippen LogP contribution in [-0.2, 0) is 0 Å². The van der Waals surface area contributed by atoms with Gasteiger partial charge in [-0.05, 0) is 41.0 Å². The summed E-state index contributed by atoms with van der Waals surface area (Å²) in [6.45, 7) is 2.19. The van der Waals surface area contributed by atoms with Gasteiger partial charge in [0.25, 0.3) is 0 Å². The van der Waals surface area contributed by atoms with Gasteiger partial charge >= 0.3 is 0 Å². The molecule has 0 heterocycles. The largest absolute Gasteiger partial charge is 0.497 e. The minimum absolute atomic E-state index is 0.149. The Morgan fingerprint density at radius 1 is 1.11 bits per heavy atom. The second-order valence-corrected chi connectivity index (χ2v) is 4.72. The predicted octanol–water partition coefficient (Wildman–Crippen LogP) is 4.04. The van der Waals surface area contributed by atoms with Crippen molar-refractivity contribution < 1.29 is 4.74 Å². The Bertz CT molecular complexity index is 521. The van der Waals surface area contributed by atoms with E-state index in [4.69, 9.17) is 10.5 Å². The highest BCUT2D eigenvalue weighted by atomic mass is 16.5. The number of ether oxygens (including phenoxy) is 1. The zero-order valence-electron chi connectivity index (χ0n) is 11.1. The number of fused-ring (bicyclic) bond motifs is 1. The molecular formula is C16H21NO. The van der Waals surface area contributed by atoms with Gasteiger partial charge in [-0.2, -0.15) is 0 Å². The lowest BCUT2D eigenvalue weighted by Crippen LogP contribution is -2.09. The van der Waals surface area contributed by atoms with Crippen LogP contribution in [-0.4, -0.2) is 7.11 Å². The van der Waals surface area contributed by atoms with Crippen molar-refractivity contribution in [1.29, 1.82) is 0 Å². The van der Waals surface area contributed by atoms with Crippen molar-refractivity contribution in [2.45, 2.75) is 32.2 Å². The molecule has 0 radical (unpaired) electrons. The molecule has 0 aliphatic carbocycles. The summed E-state index contributed by atoms with van der Waals surface area (Å²) in [7, 11) is 1.69. The first kappa shape index (κ1) is 12.9. The maximum atomic E-state index is 6.20. The van der Waals surface area contributed by atoms with Crippen molar-refractivity contribution in [3.8, 4) is 5.75 Å². The molecule has 2 aromatic carbocycles. The molecule has 0 unspecified atom stereocenters.